The summed E-state index contributed by atoms with van der Waals surface area (Å²) in [6, 6.07) is 9.67. The summed E-state index contributed by atoms with van der Waals surface area (Å²) in [6.07, 6.45) is 2.97. The Hall–Kier alpha value is -2.42. The zero-order chi connectivity index (χ0) is 22.0. The molecular weight excluding hydrogens is 452 g/mol. The Kier molecular flexibility index (Phi) is 6.60. The number of rotatable bonds is 5. The number of hydrogen-bond acceptors (Lipinski definition) is 6. The maximum absolute atomic E-state index is 13.4. The van der Waals surface area contributed by atoms with Crippen molar-refractivity contribution in [3.05, 3.63) is 69.6 Å². The number of benzene rings is 1. The van der Waals surface area contributed by atoms with Crippen LogP contribution in [0.15, 0.2) is 42.7 Å². The first-order chi connectivity index (χ1) is 14.9. The van der Waals surface area contributed by atoms with E-state index in [1.165, 1.54) is 23.7 Å². The van der Waals surface area contributed by atoms with E-state index in [4.69, 9.17) is 11.6 Å². The van der Waals surface area contributed by atoms with Crippen LogP contribution >= 0.6 is 34.7 Å². The van der Waals surface area contributed by atoms with Gasteiger partial charge < -0.3 is 10.2 Å². The number of carbonyl (C=O) groups is 2. The van der Waals surface area contributed by atoms with E-state index in [1.807, 2.05) is 32.0 Å². The number of aromatic nitrogens is 2. The number of carbonyl (C=O) groups excluding carboxylic acids is 2. The third-order valence-electron chi connectivity index (χ3n) is 4.92. The molecule has 0 radical (unpaired) electrons. The Balaban J connectivity index is 1.51. The molecule has 1 aliphatic heterocycles. The summed E-state index contributed by atoms with van der Waals surface area (Å²) in [7, 11) is 0. The molecule has 160 valence electrons. The van der Waals surface area contributed by atoms with E-state index in [0.717, 1.165) is 26.8 Å². The molecule has 31 heavy (non-hydrogen) atoms. The van der Waals surface area contributed by atoms with Gasteiger partial charge in [0.15, 0.2) is 0 Å². The standard InChI is InChI=1S/C22H21ClN4O2S2/c1-13-4-3-5-15(10-13)20-19(26-14(2)31-20)22(29)27-8-9-30-18(27)12-25-21(28)16-11-24-7-6-17(16)23/h3-7,10-11,18H,8-9,12H2,1-2H3,(H,25,28). The summed E-state index contributed by atoms with van der Waals surface area (Å²) in [4.78, 5) is 37.1. The van der Waals surface area contributed by atoms with E-state index < -0.39 is 0 Å². The molecule has 3 aromatic rings. The first kappa shape index (κ1) is 21.8. The summed E-state index contributed by atoms with van der Waals surface area (Å²) in [5.74, 6) is 0.399. The van der Waals surface area contributed by atoms with E-state index in [0.29, 0.717) is 29.4 Å². The maximum Gasteiger partial charge on any atom is 0.274 e. The van der Waals surface area contributed by atoms with Gasteiger partial charge in [0.1, 0.15) is 5.69 Å². The largest absolute Gasteiger partial charge is 0.349 e. The van der Waals surface area contributed by atoms with Crippen molar-refractivity contribution in [3.63, 3.8) is 0 Å². The van der Waals surface area contributed by atoms with Gasteiger partial charge in [0, 0.05) is 31.2 Å². The Morgan fingerprint density at radius 2 is 2.13 bits per heavy atom. The number of amides is 2. The van der Waals surface area contributed by atoms with Crippen molar-refractivity contribution in [2.75, 3.05) is 18.8 Å². The molecule has 0 bridgehead atoms. The van der Waals surface area contributed by atoms with E-state index in [2.05, 4.69) is 21.4 Å². The van der Waals surface area contributed by atoms with Crippen LogP contribution in [0.2, 0.25) is 5.02 Å². The zero-order valence-electron chi connectivity index (χ0n) is 17.1. The molecule has 1 atom stereocenters. The second-order valence-electron chi connectivity index (χ2n) is 7.17. The molecule has 0 aliphatic carbocycles. The molecule has 3 heterocycles. The fraction of sp³-hybridized carbons (Fsp3) is 0.273. The first-order valence-corrected chi connectivity index (χ1v) is 12.0. The Morgan fingerprint density at radius 1 is 1.29 bits per heavy atom. The number of halogens is 1. The van der Waals surface area contributed by atoms with Crippen LogP contribution in [0.3, 0.4) is 0 Å². The van der Waals surface area contributed by atoms with Crippen molar-refractivity contribution in [2.45, 2.75) is 19.2 Å². The van der Waals surface area contributed by atoms with Gasteiger partial charge in [-0.15, -0.1) is 23.1 Å². The lowest BCUT2D eigenvalue weighted by Crippen LogP contribution is -2.42. The average molecular weight is 473 g/mol. The molecule has 1 fully saturated rings. The van der Waals surface area contributed by atoms with Crippen LogP contribution in [0.5, 0.6) is 0 Å². The number of nitrogens with one attached hydrogen (secondary N) is 1. The normalized spacial score (nSPS) is 15.8. The fourth-order valence-corrected chi connectivity index (χ4v) is 5.69. The second-order valence-corrected chi connectivity index (χ2v) is 10.1. The van der Waals surface area contributed by atoms with Crippen LogP contribution in [0.4, 0.5) is 0 Å². The van der Waals surface area contributed by atoms with Gasteiger partial charge in [0.05, 0.1) is 25.8 Å². The Bertz CT molecular complexity index is 1130. The van der Waals surface area contributed by atoms with Crippen LogP contribution in [0.1, 0.15) is 31.4 Å². The molecule has 1 aromatic carbocycles. The SMILES string of the molecule is Cc1cccc(-c2sc(C)nc2C(=O)N2CCSC2CNC(=O)c2cnccc2Cl)c1. The molecule has 2 amide bonds. The minimum absolute atomic E-state index is 0.107. The lowest BCUT2D eigenvalue weighted by Gasteiger charge is -2.24. The molecule has 0 spiro atoms. The predicted octanol–water partition coefficient (Wildman–Crippen LogP) is 4.42. The molecule has 4 rings (SSSR count). The van der Waals surface area contributed by atoms with Crippen LogP contribution in [-0.4, -0.2) is 50.9 Å². The Morgan fingerprint density at radius 3 is 2.90 bits per heavy atom. The highest BCUT2D eigenvalue weighted by atomic mass is 35.5. The van der Waals surface area contributed by atoms with Crippen molar-refractivity contribution in [3.8, 4) is 10.4 Å². The van der Waals surface area contributed by atoms with Crippen molar-refractivity contribution >= 4 is 46.5 Å². The summed E-state index contributed by atoms with van der Waals surface area (Å²) in [5, 5.41) is 3.91. The smallest absolute Gasteiger partial charge is 0.274 e. The van der Waals surface area contributed by atoms with Crippen molar-refractivity contribution in [2.24, 2.45) is 0 Å². The molecule has 2 aromatic heterocycles. The topological polar surface area (TPSA) is 75.2 Å². The number of thiazole rings is 1. The molecular formula is C22H21ClN4O2S2. The molecule has 1 N–H and O–H groups in total. The molecule has 6 nitrogen and oxygen atoms in total. The highest BCUT2D eigenvalue weighted by Crippen LogP contribution is 2.33. The maximum atomic E-state index is 13.4. The lowest BCUT2D eigenvalue weighted by atomic mass is 10.1. The van der Waals surface area contributed by atoms with Crippen molar-refractivity contribution < 1.29 is 9.59 Å². The highest BCUT2D eigenvalue weighted by Gasteiger charge is 2.33. The van der Waals surface area contributed by atoms with Gasteiger partial charge in [-0.05, 0) is 25.5 Å². The van der Waals surface area contributed by atoms with Gasteiger partial charge in [0.25, 0.3) is 11.8 Å². The molecule has 0 saturated carbocycles. The quantitative estimate of drug-likeness (QED) is 0.594. The number of nitrogens with zero attached hydrogens (tertiary/aromatic N) is 3. The summed E-state index contributed by atoms with van der Waals surface area (Å²) in [5.41, 5.74) is 2.93. The second kappa shape index (κ2) is 9.38. The van der Waals surface area contributed by atoms with Gasteiger partial charge in [-0.1, -0.05) is 41.4 Å². The number of pyridine rings is 1. The summed E-state index contributed by atoms with van der Waals surface area (Å²) in [6.45, 7) is 4.88. The number of thioether (sulfide) groups is 1. The molecule has 1 aliphatic rings. The van der Waals surface area contributed by atoms with Gasteiger partial charge in [-0.2, -0.15) is 0 Å². The minimum atomic E-state index is -0.303. The monoisotopic (exact) mass is 472 g/mol. The fourth-order valence-electron chi connectivity index (χ4n) is 3.43. The third kappa shape index (κ3) is 4.76. The number of hydrogen-bond donors (Lipinski definition) is 1. The number of aryl methyl sites for hydroxylation is 2. The Labute approximate surface area is 194 Å². The van der Waals surface area contributed by atoms with E-state index in [-0.39, 0.29) is 17.2 Å². The summed E-state index contributed by atoms with van der Waals surface area (Å²) < 4.78 is 0. The highest BCUT2D eigenvalue weighted by molar-refractivity contribution is 8.00. The van der Waals surface area contributed by atoms with Crippen LogP contribution in [-0.2, 0) is 0 Å². The van der Waals surface area contributed by atoms with Crippen molar-refractivity contribution in [1.29, 1.82) is 0 Å². The third-order valence-corrected chi connectivity index (χ3v) is 7.49. The van der Waals surface area contributed by atoms with E-state index in [1.54, 1.807) is 22.7 Å². The first-order valence-electron chi connectivity index (χ1n) is 9.79. The van der Waals surface area contributed by atoms with Crippen molar-refractivity contribution in [1.82, 2.24) is 20.2 Å². The predicted molar refractivity (Wildman–Crippen MR) is 126 cm³/mol. The van der Waals surface area contributed by atoms with E-state index >= 15 is 0 Å². The van der Waals surface area contributed by atoms with Gasteiger partial charge in [0.2, 0.25) is 0 Å². The zero-order valence-corrected chi connectivity index (χ0v) is 19.5. The molecule has 9 heteroatoms. The van der Waals surface area contributed by atoms with Crippen LogP contribution in [0, 0.1) is 13.8 Å². The van der Waals surface area contributed by atoms with Crippen LogP contribution in [0.25, 0.3) is 10.4 Å². The summed E-state index contributed by atoms with van der Waals surface area (Å²) >= 11 is 9.25. The van der Waals surface area contributed by atoms with Gasteiger partial charge >= 0.3 is 0 Å². The average Bonchev–Trinajstić information content (AvgIpc) is 3.38. The van der Waals surface area contributed by atoms with Crippen LogP contribution < -0.4 is 5.32 Å². The molecule has 1 unspecified atom stereocenters. The minimum Gasteiger partial charge on any atom is -0.349 e. The lowest BCUT2D eigenvalue weighted by molar-refractivity contribution is 0.0747. The van der Waals surface area contributed by atoms with Gasteiger partial charge in [-0.3, -0.25) is 14.6 Å². The van der Waals surface area contributed by atoms with E-state index in [9.17, 15) is 9.59 Å². The molecule has 1 saturated heterocycles. The van der Waals surface area contributed by atoms with Gasteiger partial charge in [-0.25, -0.2) is 4.98 Å².